The number of anilines is 9. The molecule has 0 radical (unpaired) electrons. The molecular formula is C77H84BN3O2Si. The lowest BCUT2D eigenvalue weighted by Crippen LogP contribution is -2.61. The van der Waals surface area contributed by atoms with Gasteiger partial charge in [0, 0.05) is 44.9 Å². The van der Waals surface area contributed by atoms with Crippen LogP contribution in [0.2, 0.25) is 19.6 Å². The van der Waals surface area contributed by atoms with E-state index in [4.69, 9.17) is 8.83 Å². The van der Waals surface area contributed by atoms with Gasteiger partial charge in [-0.05, 0) is 187 Å². The van der Waals surface area contributed by atoms with E-state index >= 15 is 0 Å². The zero-order chi connectivity index (χ0) is 59.2. The summed E-state index contributed by atoms with van der Waals surface area (Å²) in [6, 6.07) is 59.0. The van der Waals surface area contributed by atoms with E-state index in [0.717, 1.165) is 110 Å². The van der Waals surface area contributed by atoms with Crippen molar-refractivity contribution in [2.24, 2.45) is 0 Å². The molecule has 0 atom stereocenters. The van der Waals surface area contributed by atoms with Gasteiger partial charge in [-0.3, -0.25) is 0 Å². The van der Waals surface area contributed by atoms with E-state index < -0.39 is 8.07 Å². The normalized spacial score (nSPS) is 17.5. The summed E-state index contributed by atoms with van der Waals surface area (Å²) in [6.45, 7) is 40.6. The molecule has 426 valence electrons. The summed E-state index contributed by atoms with van der Waals surface area (Å²) in [5.74, 6) is 0. The number of hydrogen-bond donors (Lipinski definition) is 0. The first-order chi connectivity index (χ1) is 39.5. The SMILES string of the molecule is CC(C)(C)c1ccc(N(c2ccc(C(C)(C)C)cc2)c2cc3c4c(c2)N(c2cccc5oc6ccccc6c25)c2c(oc5cc6c(cc25)C(C)(C)CCC6(C)C)B4c2cc4c(cc2N3c2ccc([Si](C)(C)C)cc2)C(C)(C)CCC4(C)C)cc1. The van der Waals surface area contributed by atoms with Gasteiger partial charge in [0.15, 0.2) is 0 Å². The zero-order valence-corrected chi connectivity index (χ0v) is 54.0. The molecule has 10 aromatic rings. The van der Waals surface area contributed by atoms with E-state index in [1.165, 1.54) is 55.2 Å². The summed E-state index contributed by atoms with van der Waals surface area (Å²) in [6.07, 6.45) is 4.48. The number of hydrogen-bond acceptors (Lipinski definition) is 5. The Bertz CT molecular complexity index is 4270. The molecule has 7 heteroatoms. The average molecular weight is 1120 g/mol. The van der Waals surface area contributed by atoms with Crippen molar-refractivity contribution in [3.05, 3.63) is 185 Å². The highest BCUT2D eigenvalue weighted by molar-refractivity contribution is 7.00. The molecule has 2 aromatic heterocycles. The Morgan fingerprint density at radius 3 is 1.52 bits per heavy atom. The van der Waals surface area contributed by atoms with Crippen molar-refractivity contribution in [3.8, 4) is 0 Å². The van der Waals surface area contributed by atoms with Crippen molar-refractivity contribution in [2.75, 3.05) is 14.7 Å². The van der Waals surface area contributed by atoms with Crippen LogP contribution in [0, 0.1) is 0 Å². The Morgan fingerprint density at radius 2 is 0.964 bits per heavy atom. The number of fused-ring (bicyclic) bond motifs is 11. The average Bonchev–Trinajstić information content (AvgIpc) is 1.26. The molecule has 2 aliphatic carbocycles. The quantitative estimate of drug-likeness (QED) is 0.155. The van der Waals surface area contributed by atoms with Gasteiger partial charge in [0.2, 0.25) is 0 Å². The largest absolute Gasteiger partial charge is 0.468 e. The van der Waals surface area contributed by atoms with E-state index in [1.54, 1.807) is 0 Å². The third-order valence-corrected chi connectivity index (χ3v) is 22.5. The first-order valence-corrected chi connectivity index (χ1v) is 34.6. The Balaban J connectivity index is 1.17. The molecule has 5 nitrogen and oxygen atoms in total. The van der Waals surface area contributed by atoms with Gasteiger partial charge in [-0.15, -0.1) is 0 Å². The van der Waals surface area contributed by atoms with Crippen molar-refractivity contribution in [2.45, 2.75) is 175 Å². The maximum absolute atomic E-state index is 7.89. The number of benzene rings is 8. The zero-order valence-electron chi connectivity index (χ0n) is 53.0. The van der Waals surface area contributed by atoms with Crippen LogP contribution in [0.3, 0.4) is 0 Å². The minimum Gasteiger partial charge on any atom is -0.468 e. The summed E-state index contributed by atoms with van der Waals surface area (Å²) in [4.78, 5) is 7.78. The topological polar surface area (TPSA) is 36.0 Å². The predicted octanol–water partition coefficient (Wildman–Crippen LogP) is 19.7. The molecule has 0 spiro atoms. The molecule has 8 aromatic carbocycles. The smallest absolute Gasteiger partial charge is 0.297 e. The highest BCUT2D eigenvalue weighted by Crippen LogP contribution is 2.56. The van der Waals surface area contributed by atoms with Crippen molar-refractivity contribution >= 4 is 121 Å². The second-order valence-electron chi connectivity index (χ2n) is 31.2. The predicted molar refractivity (Wildman–Crippen MR) is 363 cm³/mol. The molecule has 0 amide bonds. The lowest BCUT2D eigenvalue weighted by molar-refractivity contribution is 0.332. The van der Waals surface area contributed by atoms with Crippen LogP contribution < -0.4 is 36.5 Å². The van der Waals surface area contributed by atoms with Gasteiger partial charge in [-0.2, -0.15) is 0 Å². The van der Waals surface area contributed by atoms with E-state index in [9.17, 15) is 0 Å². The van der Waals surface area contributed by atoms with Gasteiger partial charge in [-0.25, -0.2) is 0 Å². The van der Waals surface area contributed by atoms with Crippen LogP contribution in [0.5, 0.6) is 0 Å². The molecule has 0 N–H and O–H groups in total. The highest BCUT2D eigenvalue weighted by atomic mass is 28.3. The number of furan rings is 2. The lowest BCUT2D eigenvalue weighted by Gasteiger charge is -2.47. The van der Waals surface area contributed by atoms with Crippen LogP contribution in [0.15, 0.2) is 160 Å². The van der Waals surface area contributed by atoms with Crippen LogP contribution in [0.4, 0.5) is 51.2 Å². The fourth-order valence-corrected chi connectivity index (χ4v) is 16.1. The summed E-state index contributed by atoms with van der Waals surface area (Å²) in [7, 11) is -1.67. The fraction of sp³-hybridized carbons (Fsp3) is 0.351. The molecule has 4 aliphatic rings. The van der Waals surface area contributed by atoms with Gasteiger partial charge < -0.3 is 23.5 Å². The van der Waals surface area contributed by atoms with Gasteiger partial charge in [0.05, 0.1) is 36.2 Å². The van der Waals surface area contributed by atoms with Gasteiger partial charge in [0.25, 0.3) is 6.71 Å². The van der Waals surface area contributed by atoms with E-state index in [-0.39, 0.29) is 39.2 Å². The third kappa shape index (κ3) is 8.43. The second kappa shape index (κ2) is 18.2. The van der Waals surface area contributed by atoms with E-state index in [1.807, 2.05) is 0 Å². The molecule has 14 rings (SSSR count). The summed E-state index contributed by atoms with van der Waals surface area (Å²) in [5, 5.41) is 4.78. The van der Waals surface area contributed by atoms with Gasteiger partial charge in [0.1, 0.15) is 16.7 Å². The molecule has 0 saturated heterocycles. The number of rotatable bonds is 6. The molecule has 0 saturated carbocycles. The Hall–Kier alpha value is -7.22. The molecule has 0 unspecified atom stereocenters. The monoisotopic (exact) mass is 1120 g/mol. The van der Waals surface area contributed by atoms with Crippen LogP contribution in [0.25, 0.3) is 32.9 Å². The summed E-state index contributed by atoms with van der Waals surface area (Å²) >= 11 is 0. The number of nitrogens with zero attached hydrogens (tertiary/aromatic N) is 3. The Labute approximate surface area is 501 Å². The van der Waals surface area contributed by atoms with Crippen LogP contribution in [-0.2, 0) is 32.5 Å². The maximum Gasteiger partial charge on any atom is 0.297 e. The van der Waals surface area contributed by atoms with Crippen LogP contribution in [-0.4, -0.2) is 14.8 Å². The van der Waals surface area contributed by atoms with Crippen LogP contribution in [0.1, 0.15) is 156 Å². The van der Waals surface area contributed by atoms with Crippen molar-refractivity contribution in [3.63, 3.8) is 0 Å². The number of para-hydroxylation sites is 1. The highest BCUT2D eigenvalue weighted by Gasteiger charge is 2.50. The second-order valence-corrected chi connectivity index (χ2v) is 36.3. The molecule has 84 heavy (non-hydrogen) atoms. The van der Waals surface area contributed by atoms with Crippen molar-refractivity contribution < 1.29 is 8.83 Å². The van der Waals surface area contributed by atoms with Crippen molar-refractivity contribution in [1.29, 1.82) is 0 Å². The first-order valence-electron chi connectivity index (χ1n) is 31.1. The maximum atomic E-state index is 7.89. The summed E-state index contributed by atoms with van der Waals surface area (Å²) in [5.41, 5.74) is 24.5. The molecular weight excluding hydrogens is 1040 g/mol. The standard InChI is InChI=1S/C77H84BN3O2Si/c1-72(2,3)47-25-29-49(30-26-47)79(50-31-27-48(28-32-50)73(4,5)6)52-41-63-69-64(42-52)81(61-22-20-24-66-68(61)54-21-18-19-23-65(54)82-66)70-55-43-56-59(77(13,14)40-37-74(56,7)8)46-67(55)83-71(70)78(69)60-44-57-58(76(11,12)39-38-75(57,9)10)45-62(60)80(63)51-33-35-53(36-34-51)84(15,16)17/h18-36,41-46H,37-40H2,1-17H3. The fourth-order valence-electron chi connectivity index (χ4n) is 15.0. The van der Waals surface area contributed by atoms with Crippen molar-refractivity contribution in [1.82, 2.24) is 0 Å². The van der Waals surface area contributed by atoms with Crippen LogP contribution >= 0.6 is 0 Å². The lowest BCUT2D eigenvalue weighted by atomic mass is 9.35. The molecule has 0 bridgehead atoms. The molecule has 0 fully saturated rings. The summed E-state index contributed by atoms with van der Waals surface area (Å²) < 4.78 is 14.7. The van der Waals surface area contributed by atoms with Gasteiger partial charge in [-0.1, -0.05) is 188 Å². The third-order valence-electron chi connectivity index (χ3n) is 20.4. The first kappa shape index (κ1) is 54.7. The van der Waals surface area contributed by atoms with E-state index in [2.05, 4.69) is 283 Å². The minimum atomic E-state index is -1.67. The Morgan fingerprint density at radius 1 is 0.452 bits per heavy atom. The minimum absolute atomic E-state index is 0.0152. The molecule has 4 heterocycles. The van der Waals surface area contributed by atoms with E-state index in [0.29, 0.717) is 0 Å². The molecule has 2 aliphatic heterocycles. The Kier molecular flexibility index (Phi) is 11.8. The van der Waals surface area contributed by atoms with Gasteiger partial charge >= 0.3 is 0 Å².